The van der Waals surface area contributed by atoms with E-state index in [2.05, 4.69) is 26.2 Å². The highest BCUT2D eigenvalue weighted by molar-refractivity contribution is 9.10. The monoisotopic (exact) mass is 378 g/mol. The highest BCUT2D eigenvalue weighted by Gasteiger charge is 2.16. The van der Waals surface area contributed by atoms with Crippen LogP contribution in [0.3, 0.4) is 0 Å². The lowest BCUT2D eigenvalue weighted by atomic mass is 10.2. The minimum absolute atomic E-state index is 0.260. The number of pyridine rings is 1. The maximum Gasteiger partial charge on any atom is 0.256 e. The Hall–Kier alpha value is -2.08. The van der Waals surface area contributed by atoms with Crippen LogP contribution in [0, 0.1) is 6.92 Å². The van der Waals surface area contributed by atoms with Gasteiger partial charge >= 0.3 is 0 Å². The smallest absolute Gasteiger partial charge is 0.256 e. The Morgan fingerprint density at radius 3 is 2.78 bits per heavy atom. The first-order chi connectivity index (χ1) is 11.0. The van der Waals surface area contributed by atoms with Crippen LogP contribution in [0.1, 0.15) is 29.4 Å². The molecule has 122 valence electrons. The number of methoxy groups -OCH3 is 1. The summed E-state index contributed by atoms with van der Waals surface area (Å²) >= 11 is 3.43. The number of nitrogens with one attached hydrogen (secondary N) is 1. The molecule has 0 saturated carbocycles. The molecule has 0 aliphatic rings. The predicted octanol–water partition coefficient (Wildman–Crippen LogP) is 4.20. The summed E-state index contributed by atoms with van der Waals surface area (Å²) in [5.74, 6) is 1.36. The Balaban J connectivity index is 2.25. The van der Waals surface area contributed by atoms with Gasteiger partial charge in [-0.25, -0.2) is 4.98 Å². The summed E-state index contributed by atoms with van der Waals surface area (Å²) in [4.78, 5) is 16.7. The van der Waals surface area contributed by atoms with Gasteiger partial charge < -0.3 is 14.8 Å². The summed E-state index contributed by atoms with van der Waals surface area (Å²) < 4.78 is 11.7. The second-order valence-electron chi connectivity index (χ2n) is 4.96. The van der Waals surface area contributed by atoms with Crippen LogP contribution < -0.4 is 14.8 Å². The van der Waals surface area contributed by atoms with Gasteiger partial charge in [-0.15, -0.1) is 0 Å². The van der Waals surface area contributed by atoms with E-state index < -0.39 is 0 Å². The van der Waals surface area contributed by atoms with E-state index in [4.69, 9.17) is 9.47 Å². The number of halogens is 1. The number of benzene rings is 1. The average Bonchev–Trinajstić information content (AvgIpc) is 2.53. The molecule has 0 bridgehead atoms. The van der Waals surface area contributed by atoms with Crippen molar-refractivity contribution in [1.82, 2.24) is 4.98 Å². The van der Waals surface area contributed by atoms with Crippen molar-refractivity contribution in [2.75, 3.05) is 19.0 Å². The van der Waals surface area contributed by atoms with E-state index in [0.717, 1.165) is 12.1 Å². The van der Waals surface area contributed by atoms with Crippen LogP contribution in [0.4, 0.5) is 5.82 Å². The van der Waals surface area contributed by atoms with Crippen LogP contribution in [-0.4, -0.2) is 24.6 Å². The van der Waals surface area contributed by atoms with Crippen molar-refractivity contribution >= 4 is 27.7 Å². The molecule has 0 saturated heterocycles. The van der Waals surface area contributed by atoms with Gasteiger partial charge in [-0.1, -0.05) is 13.0 Å². The van der Waals surface area contributed by atoms with Crippen LogP contribution >= 0.6 is 15.9 Å². The van der Waals surface area contributed by atoms with Gasteiger partial charge in [0.2, 0.25) is 0 Å². The molecule has 0 fully saturated rings. The van der Waals surface area contributed by atoms with Gasteiger partial charge in [-0.2, -0.15) is 0 Å². The molecule has 0 unspecified atom stereocenters. The van der Waals surface area contributed by atoms with Gasteiger partial charge in [0.25, 0.3) is 5.91 Å². The summed E-state index contributed by atoms with van der Waals surface area (Å²) in [5.41, 5.74) is 1.30. The van der Waals surface area contributed by atoms with Crippen molar-refractivity contribution in [1.29, 1.82) is 0 Å². The fraction of sp³-hybridized carbons (Fsp3) is 0.294. The lowest BCUT2D eigenvalue weighted by Crippen LogP contribution is -2.13. The third kappa shape index (κ3) is 4.45. The minimum atomic E-state index is -0.260. The third-order valence-corrected chi connectivity index (χ3v) is 3.66. The zero-order valence-electron chi connectivity index (χ0n) is 13.4. The number of hydrogen-bond acceptors (Lipinski definition) is 4. The Morgan fingerprint density at radius 1 is 1.35 bits per heavy atom. The first-order valence-corrected chi connectivity index (χ1v) is 8.09. The number of aryl methyl sites for hydroxylation is 1. The van der Waals surface area contributed by atoms with Gasteiger partial charge in [0, 0.05) is 11.3 Å². The summed E-state index contributed by atoms with van der Waals surface area (Å²) in [7, 11) is 1.55. The number of ether oxygens (including phenoxy) is 2. The molecular weight excluding hydrogens is 360 g/mol. The van der Waals surface area contributed by atoms with Gasteiger partial charge in [-0.3, -0.25) is 4.79 Å². The van der Waals surface area contributed by atoms with E-state index >= 15 is 0 Å². The van der Waals surface area contributed by atoms with E-state index in [1.165, 1.54) is 0 Å². The third-order valence-electron chi connectivity index (χ3n) is 3.07. The molecule has 0 radical (unpaired) electrons. The van der Waals surface area contributed by atoms with Crippen LogP contribution in [0.15, 0.2) is 34.8 Å². The summed E-state index contributed by atoms with van der Waals surface area (Å²) in [5, 5.41) is 2.77. The molecule has 23 heavy (non-hydrogen) atoms. The number of rotatable bonds is 6. The Labute approximate surface area is 144 Å². The van der Waals surface area contributed by atoms with Crippen LogP contribution in [0.5, 0.6) is 11.5 Å². The number of nitrogens with zero attached hydrogens (tertiary/aromatic N) is 1. The second kappa shape index (κ2) is 7.97. The van der Waals surface area contributed by atoms with Gasteiger partial charge in [0.05, 0.1) is 18.2 Å². The van der Waals surface area contributed by atoms with Crippen LogP contribution in [0.2, 0.25) is 0 Å². The molecular formula is C17H19BrN2O3. The molecule has 1 aromatic carbocycles. The summed E-state index contributed by atoms with van der Waals surface area (Å²) in [6, 6.07) is 8.82. The molecule has 1 heterocycles. The van der Waals surface area contributed by atoms with E-state index in [-0.39, 0.29) is 5.91 Å². The SMILES string of the molecule is CCCOc1c(Br)cc(C(=O)Nc2cccc(C)n2)cc1OC. The lowest BCUT2D eigenvalue weighted by Gasteiger charge is -2.14. The quantitative estimate of drug-likeness (QED) is 0.817. The number of anilines is 1. The standard InChI is InChI=1S/C17H19BrN2O3/c1-4-8-23-16-13(18)9-12(10-14(16)22-3)17(21)20-15-7-5-6-11(2)19-15/h5-7,9-10H,4,8H2,1-3H3,(H,19,20,21). The van der Waals surface area contributed by atoms with Crippen LogP contribution in [0.25, 0.3) is 0 Å². The normalized spacial score (nSPS) is 10.3. The van der Waals surface area contributed by atoms with Crippen molar-refractivity contribution in [3.8, 4) is 11.5 Å². The number of carbonyl (C=O) groups excluding carboxylic acids is 1. The minimum Gasteiger partial charge on any atom is -0.493 e. The molecule has 0 aliphatic carbocycles. The lowest BCUT2D eigenvalue weighted by molar-refractivity contribution is 0.102. The molecule has 0 spiro atoms. The van der Waals surface area contributed by atoms with Crippen molar-refractivity contribution < 1.29 is 14.3 Å². The largest absolute Gasteiger partial charge is 0.493 e. The fourth-order valence-corrected chi connectivity index (χ4v) is 2.55. The molecule has 1 N–H and O–H groups in total. The van der Waals surface area contributed by atoms with Crippen molar-refractivity contribution in [2.45, 2.75) is 20.3 Å². The van der Waals surface area contributed by atoms with Gasteiger partial charge in [-0.05, 0) is 53.5 Å². The second-order valence-corrected chi connectivity index (χ2v) is 5.81. The molecule has 0 atom stereocenters. The van der Waals surface area contributed by atoms with Crippen molar-refractivity contribution in [3.63, 3.8) is 0 Å². The van der Waals surface area contributed by atoms with E-state index in [1.54, 1.807) is 25.3 Å². The molecule has 2 aromatic rings. The summed E-state index contributed by atoms with van der Waals surface area (Å²) in [6.45, 7) is 4.47. The number of amides is 1. The van der Waals surface area contributed by atoms with Gasteiger partial charge in [0.1, 0.15) is 5.82 Å². The number of carbonyl (C=O) groups is 1. The van der Waals surface area contributed by atoms with Gasteiger partial charge in [0.15, 0.2) is 11.5 Å². The predicted molar refractivity (Wildman–Crippen MR) is 93.4 cm³/mol. The molecule has 0 aliphatic heterocycles. The first kappa shape index (κ1) is 17.3. The molecule has 5 nitrogen and oxygen atoms in total. The van der Waals surface area contributed by atoms with E-state index in [0.29, 0.717) is 34.0 Å². The van der Waals surface area contributed by atoms with Crippen LogP contribution in [-0.2, 0) is 0 Å². The molecule has 2 rings (SSSR count). The van der Waals surface area contributed by atoms with Crippen molar-refractivity contribution in [3.05, 3.63) is 46.1 Å². The molecule has 1 amide bonds. The molecule has 1 aromatic heterocycles. The van der Waals surface area contributed by atoms with E-state index in [1.807, 2.05) is 26.0 Å². The zero-order chi connectivity index (χ0) is 16.8. The highest BCUT2D eigenvalue weighted by Crippen LogP contribution is 2.36. The fourth-order valence-electron chi connectivity index (χ4n) is 2.00. The van der Waals surface area contributed by atoms with E-state index in [9.17, 15) is 4.79 Å². The zero-order valence-corrected chi connectivity index (χ0v) is 14.9. The Kier molecular flexibility index (Phi) is 5.98. The Bertz CT molecular complexity index is 704. The Morgan fingerprint density at radius 2 is 2.13 bits per heavy atom. The number of hydrogen-bond donors (Lipinski definition) is 1. The topological polar surface area (TPSA) is 60.5 Å². The maximum absolute atomic E-state index is 12.4. The summed E-state index contributed by atoms with van der Waals surface area (Å²) in [6.07, 6.45) is 0.886. The number of aromatic nitrogens is 1. The average molecular weight is 379 g/mol. The molecule has 6 heteroatoms. The first-order valence-electron chi connectivity index (χ1n) is 7.30. The maximum atomic E-state index is 12.4. The highest BCUT2D eigenvalue weighted by atomic mass is 79.9. The van der Waals surface area contributed by atoms with Crippen molar-refractivity contribution in [2.24, 2.45) is 0 Å².